The Morgan fingerprint density at radius 3 is 2.57 bits per heavy atom. The highest BCUT2D eigenvalue weighted by atomic mass is 32.2. The van der Waals surface area contributed by atoms with E-state index >= 15 is 0 Å². The van der Waals surface area contributed by atoms with Crippen molar-refractivity contribution in [1.82, 2.24) is 0 Å². The molecule has 8 heteroatoms. The first-order valence-corrected chi connectivity index (χ1v) is 8.44. The third-order valence-electron chi connectivity index (χ3n) is 3.46. The highest BCUT2D eigenvalue weighted by Crippen LogP contribution is 2.28. The van der Waals surface area contributed by atoms with Gasteiger partial charge in [-0.05, 0) is 12.1 Å². The van der Waals surface area contributed by atoms with Crippen LogP contribution in [0.4, 0.5) is 5.69 Å². The number of nitrogens with zero attached hydrogens (tertiary/aromatic N) is 2. The van der Waals surface area contributed by atoms with Crippen LogP contribution in [0, 0.1) is 10.1 Å². The quantitative estimate of drug-likeness (QED) is 0.635. The van der Waals surface area contributed by atoms with Crippen molar-refractivity contribution in [2.45, 2.75) is 11.3 Å². The molecule has 0 N–H and O–H groups in total. The van der Waals surface area contributed by atoms with E-state index < -0.39 is 14.8 Å². The fraction of sp³-hybridized carbons (Fsp3) is 0.133. The summed E-state index contributed by atoms with van der Waals surface area (Å²) in [4.78, 5) is 15.8. The van der Waals surface area contributed by atoms with E-state index in [-0.39, 0.29) is 28.5 Å². The summed E-state index contributed by atoms with van der Waals surface area (Å²) in [6.45, 7) is 0. The highest BCUT2D eigenvalue weighted by Gasteiger charge is 2.27. The summed E-state index contributed by atoms with van der Waals surface area (Å²) in [6, 6.07) is 12.4. The van der Waals surface area contributed by atoms with Gasteiger partial charge in [0.1, 0.15) is 0 Å². The Labute approximate surface area is 132 Å². The molecule has 0 bridgehead atoms. The van der Waals surface area contributed by atoms with Crippen LogP contribution in [0.25, 0.3) is 0 Å². The second-order valence-corrected chi connectivity index (χ2v) is 7.00. The van der Waals surface area contributed by atoms with Gasteiger partial charge in [0.25, 0.3) is 0 Å². The van der Waals surface area contributed by atoms with Gasteiger partial charge >= 0.3 is 5.69 Å². The topological polar surface area (TPSA) is 98.9 Å². The number of nitro groups is 1. The van der Waals surface area contributed by atoms with Gasteiger partial charge in [-0.2, -0.15) is 0 Å². The molecule has 0 spiro atoms. The van der Waals surface area contributed by atoms with Gasteiger partial charge < -0.3 is 4.84 Å². The molecule has 118 valence electrons. The van der Waals surface area contributed by atoms with Gasteiger partial charge in [0.15, 0.2) is 9.84 Å². The molecule has 0 atom stereocenters. The first kappa shape index (κ1) is 15.2. The van der Waals surface area contributed by atoms with Crippen molar-refractivity contribution in [2.24, 2.45) is 5.16 Å². The van der Waals surface area contributed by atoms with Crippen molar-refractivity contribution in [3.63, 3.8) is 0 Å². The summed E-state index contributed by atoms with van der Waals surface area (Å²) in [5.74, 6) is -0.0563. The molecule has 0 aromatic heterocycles. The zero-order valence-corrected chi connectivity index (χ0v) is 12.7. The lowest BCUT2D eigenvalue weighted by molar-refractivity contribution is -0.385. The lowest BCUT2D eigenvalue weighted by Crippen LogP contribution is -2.22. The van der Waals surface area contributed by atoms with Crippen LogP contribution in [0.15, 0.2) is 58.6 Å². The number of sulfone groups is 1. The van der Waals surface area contributed by atoms with Crippen LogP contribution < -0.4 is 4.84 Å². The molecule has 0 saturated heterocycles. The number of hydrogen-bond acceptors (Lipinski definition) is 6. The van der Waals surface area contributed by atoms with E-state index in [2.05, 4.69) is 5.16 Å². The number of fused-ring (bicyclic) bond motifs is 1. The maximum absolute atomic E-state index is 12.1. The predicted molar refractivity (Wildman–Crippen MR) is 83.4 cm³/mol. The summed E-state index contributed by atoms with van der Waals surface area (Å²) >= 11 is 0. The molecule has 2 aromatic rings. The minimum atomic E-state index is -3.32. The Morgan fingerprint density at radius 2 is 1.78 bits per heavy atom. The van der Waals surface area contributed by atoms with E-state index in [4.69, 9.17) is 4.84 Å². The van der Waals surface area contributed by atoms with E-state index in [0.717, 1.165) is 0 Å². The Bertz CT molecular complexity index is 906. The van der Waals surface area contributed by atoms with Crippen LogP contribution in [0.1, 0.15) is 12.0 Å². The maximum Gasteiger partial charge on any atom is 0.314 e. The maximum atomic E-state index is 12.1. The molecule has 3 rings (SSSR count). The molecule has 0 amide bonds. The summed E-state index contributed by atoms with van der Waals surface area (Å²) in [7, 11) is -3.32. The molecule has 1 heterocycles. The van der Waals surface area contributed by atoms with E-state index in [1.54, 1.807) is 24.3 Å². The molecular formula is C15H12N2O5S. The van der Waals surface area contributed by atoms with Crippen molar-refractivity contribution >= 4 is 21.2 Å². The molecule has 0 unspecified atom stereocenters. The third kappa shape index (κ3) is 2.93. The Hall–Kier alpha value is -2.74. The first-order valence-electron chi connectivity index (χ1n) is 6.78. The molecule has 1 aliphatic heterocycles. The molecule has 1 aliphatic rings. The Balaban J connectivity index is 1.98. The molecule has 0 aliphatic carbocycles. The van der Waals surface area contributed by atoms with Crippen LogP contribution in [0.3, 0.4) is 0 Å². The monoisotopic (exact) mass is 332 g/mol. The molecule has 0 saturated carbocycles. The minimum absolute atomic E-state index is 0.0101. The van der Waals surface area contributed by atoms with E-state index in [0.29, 0.717) is 11.3 Å². The largest absolute Gasteiger partial charge is 0.349 e. The zero-order chi connectivity index (χ0) is 16.4. The molecule has 7 nitrogen and oxygen atoms in total. The van der Waals surface area contributed by atoms with Gasteiger partial charge in [-0.3, -0.25) is 10.1 Å². The fourth-order valence-corrected chi connectivity index (χ4v) is 3.83. The molecule has 23 heavy (non-hydrogen) atoms. The number of para-hydroxylation sites is 2. The molecule has 0 fully saturated rings. The van der Waals surface area contributed by atoms with Crippen molar-refractivity contribution in [1.29, 1.82) is 0 Å². The standard InChI is InChI=1S/C15H12N2O5S/c18-17(19)13-6-2-3-7-14(13)22-16-12-9-10-23(20,21)15-8-4-1-5-11(12)15/h1-8H,9-10H2/b16-12-. The van der Waals surface area contributed by atoms with E-state index in [9.17, 15) is 18.5 Å². The zero-order valence-electron chi connectivity index (χ0n) is 11.9. The van der Waals surface area contributed by atoms with Gasteiger partial charge in [-0.15, -0.1) is 0 Å². The molecule has 0 radical (unpaired) electrons. The first-order chi connectivity index (χ1) is 11.0. The lowest BCUT2D eigenvalue weighted by Gasteiger charge is -2.17. The van der Waals surface area contributed by atoms with Crippen LogP contribution >= 0.6 is 0 Å². The average Bonchev–Trinajstić information content (AvgIpc) is 2.54. The van der Waals surface area contributed by atoms with Crippen molar-refractivity contribution in [3.05, 3.63) is 64.2 Å². The van der Waals surface area contributed by atoms with Gasteiger partial charge in [0.05, 0.1) is 21.3 Å². The van der Waals surface area contributed by atoms with Gasteiger partial charge in [0, 0.05) is 18.1 Å². The van der Waals surface area contributed by atoms with Crippen molar-refractivity contribution < 1.29 is 18.2 Å². The van der Waals surface area contributed by atoms with E-state index in [1.807, 2.05) is 0 Å². The summed E-state index contributed by atoms with van der Waals surface area (Å²) in [5.41, 5.74) is 0.722. The summed E-state index contributed by atoms with van der Waals surface area (Å²) < 4.78 is 24.1. The summed E-state index contributed by atoms with van der Waals surface area (Å²) in [6.07, 6.45) is 0.194. The van der Waals surface area contributed by atoms with Crippen LogP contribution in [-0.4, -0.2) is 24.8 Å². The van der Waals surface area contributed by atoms with E-state index in [1.165, 1.54) is 24.3 Å². The predicted octanol–water partition coefficient (Wildman–Crippen LogP) is 2.56. The SMILES string of the molecule is O=[N+]([O-])c1ccccc1O/N=C1/CCS(=O)(=O)c2ccccc21. The van der Waals surface area contributed by atoms with Crippen molar-refractivity contribution in [2.75, 3.05) is 5.75 Å². The number of nitro benzene ring substituents is 1. The summed E-state index contributed by atoms with van der Waals surface area (Å²) in [5, 5.41) is 14.9. The third-order valence-corrected chi connectivity index (χ3v) is 5.22. The Morgan fingerprint density at radius 1 is 1.09 bits per heavy atom. The Kier molecular flexibility index (Phi) is 3.83. The normalized spacial score (nSPS) is 17.5. The lowest BCUT2D eigenvalue weighted by atomic mass is 10.1. The number of benzene rings is 2. The van der Waals surface area contributed by atoms with Crippen molar-refractivity contribution in [3.8, 4) is 5.75 Å². The average molecular weight is 332 g/mol. The number of hydrogen-bond donors (Lipinski definition) is 0. The number of rotatable bonds is 3. The van der Waals surface area contributed by atoms with Gasteiger partial charge in [-0.1, -0.05) is 35.5 Å². The van der Waals surface area contributed by atoms with Gasteiger partial charge in [-0.25, -0.2) is 8.42 Å². The highest BCUT2D eigenvalue weighted by molar-refractivity contribution is 7.91. The molecule has 2 aromatic carbocycles. The van der Waals surface area contributed by atoms with Crippen LogP contribution in [0.2, 0.25) is 0 Å². The second-order valence-electron chi connectivity index (χ2n) is 4.92. The number of oxime groups is 1. The van der Waals surface area contributed by atoms with Crippen LogP contribution in [-0.2, 0) is 9.84 Å². The second kappa shape index (κ2) is 5.81. The van der Waals surface area contributed by atoms with Crippen LogP contribution in [0.5, 0.6) is 5.75 Å². The smallest absolute Gasteiger partial charge is 0.314 e. The fourth-order valence-electron chi connectivity index (χ4n) is 2.34. The van der Waals surface area contributed by atoms with Gasteiger partial charge in [0.2, 0.25) is 5.75 Å². The minimum Gasteiger partial charge on any atom is -0.349 e. The molecular weight excluding hydrogens is 320 g/mol.